The van der Waals surface area contributed by atoms with E-state index in [9.17, 15) is 14.7 Å². The van der Waals surface area contributed by atoms with E-state index in [0.717, 1.165) is 11.3 Å². The molecule has 1 aliphatic rings. The van der Waals surface area contributed by atoms with E-state index in [2.05, 4.69) is 25.5 Å². The number of ether oxygens (including phenoxy) is 2. The number of rotatable bonds is 8. The van der Waals surface area contributed by atoms with E-state index in [1.54, 1.807) is 29.9 Å². The quantitative estimate of drug-likeness (QED) is 0.379. The summed E-state index contributed by atoms with van der Waals surface area (Å²) in [6.45, 7) is -0.645. The molecule has 172 valence electrons. The molecule has 14 heteroatoms. The summed E-state index contributed by atoms with van der Waals surface area (Å²) in [7, 11) is 1.79. The van der Waals surface area contributed by atoms with Gasteiger partial charge in [-0.15, -0.1) is 10.2 Å². The van der Waals surface area contributed by atoms with Gasteiger partial charge < -0.3 is 30.2 Å². The molecule has 2 unspecified atom stereocenters. The molecular formula is C19H18ClN7O5S. The number of anilines is 1. The molecule has 3 aromatic rings. The van der Waals surface area contributed by atoms with Crippen molar-refractivity contribution in [3.05, 3.63) is 52.6 Å². The largest absolute Gasteiger partial charge is 0.418 e. The monoisotopic (exact) mass is 491 g/mol. The summed E-state index contributed by atoms with van der Waals surface area (Å²) >= 11 is 7.33. The van der Waals surface area contributed by atoms with Crippen LogP contribution >= 0.6 is 22.9 Å². The van der Waals surface area contributed by atoms with Crippen LogP contribution in [0.15, 0.2) is 42.6 Å². The van der Waals surface area contributed by atoms with Gasteiger partial charge in [0, 0.05) is 25.6 Å². The standard InChI is InChI=1S/C19H18ClN7O5S/c1-27-6-3-10(20)13(27)15-25-26-16(33-15)19(31-8-7-28)12(24-18-22-4-2-5-23-18)9-11(14(21)29)32-17(19)30/h2-6,9,12,28H,7-8H2,1H3,(H2,21,29)(H,22,23,24). The van der Waals surface area contributed by atoms with Crippen LogP contribution in [0.1, 0.15) is 5.01 Å². The summed E-state index contributed by atoms with van der Waals surface area (Å²) in [6, 6.07) is 2.23. The number of carbonyl (C=O) groups is 2. The highest BCUT2D eigenvalue weighted by atomic mass is 35.5. The molecule has 4 heterocycles. The SMILES string of the molecule is Cn1ccc(Cl)c1-c1nnc(C2(OCCO)C(=O)OC(C(N)=O)=CC2Nc2ncccn2)s1. The third-order valence-electron chi connectivity index (χ3n) is 4.74. The maximum absolute atomic E-state index is 13.3. The zero-order valence-corrected chi connectivity index (χ0v) is 18.7. The molecule has 33 heavy (non-hydrogen) atoms. The molecule has 0 saturated carbocycles. The summed E-state index contributed by atoms with van der Waals surface area (Å²) in [5, 5.41) is 21.7. The van der Waals surface area contributed by atoms with Gasteiger partial charge >= 0.3 is 5.97 Å². The first-order valence-corrected chi connectivity index (χ1v) is 10.7. The van der Waals surface area contributed by atoms with Gasteiger partial charge in [0.2, 0.25) is 11.5 Å². The van der Waals surface area contributed by atoms with Gasteiger partial charge in [-0.1, -0.05) is 22.9 Å². The second-order valence-electron chi connectivity index (χ2n) is 6.82. The number of aliphatic hydroxyl groups is 1. The first-order valence-electron chi connectivity index (χ1n) is 9.54. The zero-order chi connectivity index (χ0) is 23.6. The van der Waals surface area contributed by atoms with E-state index in [-0.39, 0.29) is 23.3 Å². The molecule has 0 aliphatic carbocycles. The van der Waals surface area contributed by atoms with Crippen LogP contribution in [0.25, 0.3) is 10.7 Å². The van der Waals surface area contributed by atoms with Crippen LogP contribution in [0.4, 0.5) is 5.95 Å². The fourth-order valence-corrected chi connectivity index (χ4v) is 4.71. The van der Waals surface area contributed by atoms with Crippen molar-refractivity contribution in [3.8, 4) is 10.7 Å². The number of aromatic nitrogens is 5. The Hall–Kier alpha value is -3.39. The van der Waals surface area contributed by atoms with E-state index in [1.165, 1.54) is 18.5 Å². The maximum atomic E-state index is 13.3. The number of amides is 1. The molecule has 4 rings (SSSR count). The lowest BCUT2D eigenvalue weighted by Gasteiger charge is -2.38. The molecule has 0 spiro atoms. The summed E-state index contributed by atoms with van der Waals surface area (Å²) in [5.74, 6) is -2.16. The minimum absolute atomic E-state index is 0.0985. The maximum Gasteiger partial charge on any atom is 0.353 e. The van der Waals surface area contributed by atoms with Gasteiger partial charge in [-0.3, -0.25) is 4.79 Å². The Morgan fingerprint density at radius 1 is 1.42 bits per heavy atom. The van der Waals surface area contributed by atoms with Gasteiger partial charge in [-0.2, -0.15) is 0 Å². The third-order valence-corrected chi connectivity index (χ3v) is 6.10. The molecule has 2 atom stereocenters. The van der Waals surface area contributed by atoms with Crippen molar-refractivity contribution in [2.75, 3.05) is 18.5 Å². The highest BCUT2D eigenvalue weighted by Gasteiger charge is 2.56. The van der Waals surface area contributed by atoms with Crippen molar-refractivity contribution in [1.29, 1.82) is 0 Å². The highest BCUT2D eigenvalue weighted by molar-refractivity contribution is 7.15. The Bertz CT molecular complexity index is 1190. The number of nitrogens with zero attached hydrogens (tertiary/aromatic N) is 5. The predicted octanol–water partition coefficient (Wildman–Crippen LogP) is 0.598. The van der Waals surface area contributed by atoms with Crippen molar-refractivity contribution in [1.82, 2.24) is 24.7 Å². The number of primary amides is 1. The number of nitrogens with one attached hydrogen (secondary N) is 1. The Morgan fingerprint density at radius 2 is 2.18 bits per heavy atom. The second kappa shape index (κ2) is 9.23. The molecule has 0 radical (unpaired) electrons. The average molecular weight is 492 g/mol. The number of hydrogen-bond donors (Lipinski definition) is 3. The van der Waals surface area contributed by atoms with E-state index >= 15 is 0 Å². The fraction of sp³-hybridized carbons (Fsp3) is 0.263. The smallest absolute Gasteiger partial charge is 0.353 e. The van der Waals surface area contributed by atoms with Crippen LogP contribution in [0.5, 0.6) is 0 Å². The Balaban J connectivity index is 1.86. The van der Waals surface area contributed by atoms with Gasteiger partial charge in [0.1, 0.15) is 0 Å². The first-order chi connectivity index (χ1) is 15.9. The van der Waals surface area contributed by atoms with Crippen molar-refractivity contribution in [2.45, 2.75) is 11.6 Å². The number of halogens is 1. The van der Waals surface area contributed by atoms with Crippen LogP contribution in [-0.4, -0.2) is 61.0 Å². The number of aliphatic hydroxyl groups excluding tert-OH is 1. The van der Waals surface area contributed by atoms with Crippen molar-refractivity contribution < 1.29 is 24.2 Å². The van der Waals surface area contributed by atoms with E-state index in [0.29, 0.717) is 15.7 Å². The van der Waals surface area contributed by atoms with E-state index in [1.807, 2.05) is 0 Å². The fourth-order valence-electron chi connectivity index (χ4n) is 3.25. The summed E-state index contributed by atoms with van der Waals surface area (Å²) in [6.07, 6.45) is 6.02. The lowest BCUT2D eigenvalue weighted by Crippen LogP contribution is -2.56. The highest BCUT2D eigenvalue weighted by Crippen LogP contribution is 2.41. The Morgan fingerprint density at radius 3 is 2.82 bits per heavy atom. The van der Waals surface area contributed by atoms with Crippen LogP contribution < -0.4 is 11.1 Å². The number of hydrogen-bond acceptors (Lipinski definition) is 11. The lowest BCUT2D eigenvalue weighted by atomic mass is 9.91. The van der Waals surface area contributed by atoms with Gasteiger partial charge in [-0.25, -0.2) is 14.8 Å². The number of esters is 1. The van der Waals surface area contributed by atoms with Gasteiger partial charge in [-0.05, 0) is 18.2 Å². The van der Waals surface area contributed by atoms with Gasteiger partial charge in [0.25, 0.3) is 5.91 Å². The van der Waals surface area contributed by atoms with E-state index < -0.39 is 30.1 Å². The van der Waals surface area contributed by atoms with Crippen molar-refractivity contribution in [2.24, 2.45) is 12.8 Å². The summed E-state index contributed by atoms with van der Waals surface area (Å²) in [5.41, 5.74) is 4.00. The number of aryl methyl sites for hydroxylation is 1. The van der Waals surface area contributed by atoms with Crippen molar-refractivity contribution in [3.63, 3.8) is 0 Å². The normalized spacial score (nSPS) is 20.3. The first kappa shape index (κ1) is 22.8. The van der Waals surface area contributed by atoms with Crippen LogP contribution in [0.3, 0.4) is 0 Å². The minimum Gasteiger partial charge on any atom is -0.418 e. The molecule has 3 aromatic heterocycles. The molecule has 1 amide bonds. The average Bonchev–Trinajstić information content (AvgIpc) is 3.40. The topological polar surface area (TPSA) is 167 Å². The van der Waals surface area contributed by atoms with Crippen molar-refractivity contribution >= 4 is 40.8 Å². The molecule has 0 aromatic carbocycles. The van der Waals surface area contributed by atoms with Gasteiger partial charge in [0.15, 0.2) is 15.8 Å². The van der Waals surface area contributed by atoms with Crippen LogP contribution in [-0.2, 0) is 31.7 Å². The molecular weight excluding hydrogens is 474 g/mol. The Labute approximate surface area is 196 Å². The Kier molecular flexibility index (Phi) is 6.37. The summed E-state index contributed by atoms with van der Waals surface area (Å²) < 4.78 is 12.8. The molecule has 0 fully saturated rings. The number of cyclic esters (lactones) is 1. The predicted molar refractivity (Wildman–Crippen MR) is 117 cm³/mol. The number of nitrogens with two attached hydrogens (primary N) is 1. The van der Waals surface area contributed by atoms with Crippen LogP contribution in [0, 0.1) is 0 Å². The molecule has 4 N–H and O–H groups in total. The zero-order valence-electron chi connectivity index (χ0n) is 17.1. The lowest BCUT2D eigenvalue weighted by molar-refractivity contribution is -0.176. The molecule has 12 nitrogen and oxygen atoms in total. The minimum atomic E-state index is -1.94. The summed E-state index contributed by atoms with van der Waals surface area (Å²) in [4.78, 5) is 33.3. The van der Waals surface area contributed by atoms with Crippen LogP contribution in [0.2, 0.25) is 5.02 Å². The van der Waals surface area contributed by atoms with Gasteiger partial charge in [0.05, 0.1) is 30.0 Å². The van der Waals surface area contributed by atoms with E-state index in [4.69, 9.17) is 26.8 Å². The molecule has 1 aliphatic heterocycles. The molecule has 0 saturated heterocycles. The second-order valence-corrected chi connectivity index (χ2v) is 8.21. The molecule has 0 bridgehead atoms. The number of carbonyl (C=O) groups excluding carboxylic acids is 2. The third kappa shape index (κ3) is 4.18.